The lowest BCUT2D eigenvalue weighted by Gasteiger charge is -2.29. The highest BCUT2D eigenvalue weighted by atomic mass is 79.9. The summed E-state index contributed by atoms with van der Waals surface area (Å²) < 4.78 is 0.752. The van der Waals surface area contributed by atoms with E-state index in [0.29, 0.717) is 12.1 Å². The summed E-state index contributed by atoms with van der Waals surface area (Å²) in [6.07, 6.45) is 0.512. The molecule has 0 radical (unpaired) electrons. The lowest BCUT2D eigenvalue weighted by Crippen LogP contribution is -2.56. The number of hydrogen-bond acceptors (Lipinski definition) is 4. The van der Waals surface area contributed by atoms with Gasteiger partial charge in [-0.15, -0.1) is 0 Å². The summed E-state index contributed by atoms with van der Waals surface area (Å²) in [5, 5.41) is 8.08. The van der Waals surface area contributed by atoms with Gasteiger partial charge in [0.05, 0.1) is 24.3 Å². The quantitative estimate of drug-likeness (QED) is 0.490. The Bertz CT molecular complexity index is 636. The van der Waals surface area contributed by atoms with Crippen LogP contribution in [0.3, 0.4) is 0 Å². The monoisotopic (exact) mass is 412 g/mol. The molecule has 0 aliphatic carbocycles. The first-order valence-corrected chi connectivity index (χ1v) is 8.79. The van der Waals surface area contributed by atoms with Gasteiger partial charge in [-0.2, -0.15) is 0 Å². The van der Waals surface area contributed by atoms with E-state index in [0.717, 1.165) is 4.47 Å². The molecular weight excluding hydrogens is 388 g/mol. The molecule has 0 aromatic heterocycles. The van der Waals surface area contributed by atoms with E-state index in [1.54, 1.807) is 25.1 Å². The molecule has 1 aromatic carbocycles. The molecular formula is C17H25BrN4O3. The average Bonchev–Trinajstić information content (AvgIpc) is 2.52. The van der Waals surface area contributed by atoms with Gasteiger partial charge >= 0.3 is 0 Å². The van der Waals surface area contributed by atoms with Crippen molar-refractivity contribution in [1.82, 2.24) is 10.6 Å². The molecule has 0 aliphatic heterocycles. The summed E-state index contributed by atoms with van der Waals surface area (Å²) in [5.41, 5.74) is 5.08. The van der Waals surface area contributed by atoms with Crippen molar-refractivity contribution in [3.63, 3.8) is 0 Å². The van der Waals surface area contributed by atoms with Crippen molar-refractivity contribution in [1.29, 1.82) is 0 Å². The smallest absolute Gasteiger partial charge is 0.243 e. The number of hydrogen-bond donors (Lipinski definition) is 4. The molecule has 0 spiro atoms. The second kappa shape index (κ2) is 9.53. The maximum absolute atomic E-state index is 11.9. The van der Waals surface area contributed by atoms with Gasteiger partial charge in [0.2, 0.25) is 17.7 Å². The number of nitrogens with two attached hydrogens (primary N) is 1. The van der Waals surface area contributed by atoms with Crippen molar-refractivity contribution >= 4 is 39.3 Å². The molecule has 1 atom stereocenters. The number of rotatable bonds is 9. The molecule has 1 rings (SSSR count). The first-order valence-electron chi connectivity index (χ1n) is 8.00. The summed E-state index contributed by atoms with van der Waals surface area (Å²) >= 11 is 3.33. The van der Waals surface area contributed by atoms with Crippen LogP contribution < -0.4 is 21.7 Å². The van der Waals surface area contributed by atoms with Crippen LogP contribution in [0.25, 0.3) is 0 Å². The van der Waals surface area contributed by atoms with E-state index < -0.39 is 17.4 Å². The largest absolute Gasteiger partial charge is 0.368 e. The van der Waals surface area contributed by atoms with Gasteiger partial charge in [0.1, 0.15) is 0 Å². The van der Waals surface area contributed by atoms with Crippen LogP contribution in [0.5, 0.6) is 0 Å². The summed E-state index contributed by atoms with van der Waals surface area (Å²) in [7, 11) is 0. The topological polar surface area (TPSA) is 113 Å². The minimum Gasteiger partial charge on any atom is -0.368 e. The molecule has 7 nitrogen and oxygen atoms in total. The summed E-state index contributed by atoms with van der Waals surface area (Å²) in [6, 6.07) is 7.18. The van der Waals surface area contributed by atoms with E-state index in [2.05, 4.69) is 31.9 Å². The number of benzene rings is 1. The van der Waals surface area contributed by atoms with Crippen LogP contribution in [0.1, 0.15) is 27.2 Å². The molecule has 0 heterocycles. The van der Waals surface area contributed by atoms with Crippen molar-refractivity contribution in [2.45, 2.75) is 32.7 Å². The van der Waals surface area contributed by atoms with Crippen LogP contribution in [0.2, 0.25) is 0 Å². The third-order valence-corrected chi connectivity index (χ3v) is 4.28. The molecule has 0 bridgehead atoms. The predicted molar refractivity (Wildman–Crippen MR) is 101 cm³/mol. The predicted octanol–water partition coefficient (Wildman–Crippen LogP) is 1.38. The van der Waals surface area contributed by atoms with Crippen LogP contribution in [-0.4, -0.2) is 36.3 Å². The van der Waals surface area contributed by atoms with E-state index in [1.165, 1.54) is 0 Å². The maximum atomic E-state index is 11.9. The van der Waals surface area contributed by atoms with E-state index >= 15 is 0 Å². The van der Waals surface area contributed by atoms with Crippen molar-refractivity contribution in [2.24, 2.45) is 11.7 Å². The first-order chi connectivity index (χ1) is 11.6. The number of carbonyl (C=O) groups excluding carboxylic acids is 3. The van der Waals surface area contributed by atoms with E-state index in [1.807, 2.05) is 19.9 Å². The average molecular weight is 413 g/mol. The summed E-state index contributed by atoms with van der Waals surface area (Å²) in [5.74, 6) is -1.01. The Morgan fingerprint density at radius 3 is 2.36 bits per heavy atom. The van der Waals surface area contributed by atoms with Gasteiger partial charge in [-0.25, -0.2) is 0 Å². The molecule has 8 heteroatoms. The van der Waals surface area contributed by atoms with Crippen molar-refractivity contribution in [2.75, 3.05) is 18.4 Å². The minimum atomic E-state index is -0.970. The Balaban J connectivity index is 2.45. The van der Waals surface area contributed by atoms with Gasteiger partial charge in [0.15, 0.2) is 0 Å². The maximum Gasteiger partial charge on any atom is 0.243 e. The van der Waals surface area contributed by atoms with Crippen molar-refractivity contribution in [3.8, 4) is 0 Å². The number of para-hydroxylation sites is 1. The van der Waals surface area contributed by atoms with Crippen molar-refractivity contribution < 1.29 is 14.4 Å². The molecule has 0 saturated heterocycles. The van der Waals surface area contributed by atoms with Crippen LogP contribution in [-0.2, 0) is 14.4 Å². The molecule has 138 valence electrons. The van der Waals surface area contributed by atoms with Gasteiger partial charge in [-0.1, -0.05) is 26.0 Å². The van der Waals surface area contributed by atoms with E-state index in [9.17, 15) is 14.4 Å². The zero-order valence-corrected chi connectivity index (χ0v) is 16.3. The van der Waals surface area contributed by atoms with Crippen LogP contribution in [0, 0.1) is 5.92 Å². The molecule has 1 unspecified atom stereocenters. The number of anilines is 1. The standard InChI is InChI=1S/C17H25BrN4O3/c1-11(2)8-17(3,16(19)25)21-10-14(23)20-9-15(24)22-13-7-5-4-6-12(13)18/h4-7,11,21H,8-10H2,1-3H3,(H2,19,25)(H,20,23)(H,22,24). The summed E-state index contributed by atoms with van der Waals surface area (Å²) in [6.45, 7) is 5.33. The Morgan fingerprint density at radius 2 is 1.80 bits per heavy atom. The second-order valence-electron chi connectivity index (χ2n) is 6.45. The van der Waals surface area contributed by atoms with Gasteiger partial charge < -0.3 is 16.4 Å². The number of primary amides is 1. The zero-order valence-electron chi connectivity index (χ0n) is 14.7. The van der Waals surface area contributed by atoms with Gasteiger partial charge in [-0.05, 0) is 47.3 Å². The molecule has 1 aromatic rings. The third-order valence-electron chi connectivity index (χ3n) is 3.59. The Hall–Kier alpha value is -1.93. The molecule has 25 heavy (non-hydrogen) atoms. The number of nitrogens with one attached hydrogen (secondary N) is 3. The SMILES string of the molecule is CC(C)CC(C)(NCC(=O)NCC(=O)Nc1ccccc1Br)C(N)=O. The fourth-order valence-corrected chi connectivity index (χ4v) is 2.73. The van der Waals surface area contributed by atoms with Crippen LogP contribution in [0.4, 0.5) is 5.69 Å². The Morgan fingerprint density at radius 1 is 1.16 bits per heavy atom. The number of halogens is 1. The second-order valence-corrected chi connectivity index (χ2v) is 7.31. The molecule has 3 amide bonds. The first kappa shape index (κ1) is 21.1. The number of amides is 3. The number of carbonyl (C=O) groups is 3. The normalized spacial score (nSPS) is 13.2. The lowest BCUT2D eigenvalue weighted by atomic mass is 9.90. The van der Waals surface area contributed by atoms with Gasteiger partial charge in [0.25, 0.3) is 0 Å². The van der Waals surface area contributed by atoms with Crippen LogP contribution in [0.15, 0.2) is 28.7 Å². The Kier molecular flexibility index (Phi) is 8.05. The fraction of sp³-hybridized carbons (Fsp3) is 0.471. The lowest BCUT2D eigenvalue weighted by molar-refractivity contribution is -0.126. The molecule has 0 aliphatic rings. The van der Waals surface area contributed by atoms with E-state index in [-0.39, 0.29) is 24.9 Å². The summed E-state index contributed by atoms with van der Waals surface area (Å²) in [4.78, 5) is 35.4. The third kappa shape index (κ3) is 7.23. The van der Waals surface area contributed by atoms with Gasteiger partial charge in [0, 0.05) is 4.47 Å². The highest BCUT2D eigenvalue weighted by Crippen LogP contribution is 2.20. The van der Waals surface area contributed by atoms with Crippen molar-refractivity contribution in [3.05, 3.63) is 28.7 Å². The van der Waals surface area contributed by atoms with E-state index in [4.69, 9.17) is 5.73 Å². The Labute approximate surface area is 156 Å². The molecule has 5 N–H and O–H groups in total. The molecule has 0 saturated carbocycles. The highest BCUT2D eigenvalue weighted by Gasteiger charge is 2.31. The zero-order chi connectivity index (χ0) is 19.0. The van der Waals surface area contributed by atoms with Crippen LogP contribution >= 0.6 is 15.9 Å². The van der Waals surface area contributed by atoms with Gasteiger partial charge in [-0.3, -0.25) is 19.7 Å². The minimum absolute atomic E-state index is 0.103. The fourth-order valence-electron chi connectivity index (χ4n) is 2.35. The molecule has 0 fully saturated rings. The highest BCUT2D eigenvalue weighted by molar-refractivity contribution is 9.10.